The number of hydrogen-bond donors (Lipinski definition) is 0. The maximum atomic E-state index is 13.6. The van der Waals surface area contributed by atoms with Crippen LogP contribution in [-0.2, 0) is 22.2 Å². The van der Waals surface area contributed by atoms with Gasteiger partial charge < -0.3 is 4.90 Å². The van der Waals surface area contributed by atoms with Crippen LogP contribution in [0.5, 0.6) is 0 Å². The zero-order valence-corrected chi connectivity index (χ0v) is 17.5. The third kappa shape index (κ3) is 3.31. The van der Waals surface area contributed by atoms with Crippen molar-refractivity contribution in [2.45, 2.75) is 19.0 Å². The Kier molecular flexibility index (Phi) is 4.89. The topological polar surface area (TPSA) is 40.6 Å². The molecule has 0 spiro atoms. The fraction of sp³-hybridized carbons (Fsp3) is 0.167. The molecule has 0 aliphatic carbocycles. The van der Waals surface area contributed by atoms with Crippen molar-refractivity contribution in [1.82, 2.24) is 0 Å². The Labute approximate surface area is 186 Å². The summed E-state index contributed by atoms with van der Waals surface area (Å²) in [5.74, 6) is -1.23. The Morgan fingerprint density at radius 1 is 0.906 bits per heavy atom. The Bertz CT molecular complexity index is 1250. The summed E-state index contributed by atoms with van der Waals surface area (Å²) in [7, 11) is 0. The van der Waals surface area contributed by atoms with Gasteiger partial charge in [0.05, 0.1) is 16.8 Å². The summed E-state index contributed by atoms with van der Waals surface area (Å²) in [5, 5.41) is 1.80. The van der Waals surface area contributed by atoms with Crippen LogP contribution in [0.2, 0.25) is 0 Å². The van der Waals surface area contributed by atoms with Crippen LogP contribution in [0, 0.1) is 0 Å². The molecule has 2 aliphatic heterocycles. The number of nitrogens with zero attached hydrogens (tertiary/aromatic N) is 2. The average molecular weight is 454 g/mol. The van der Waals surface area contributed by atoms with E-state index in [1.165, 1.54) is 23.5 Å². The highest BCUT2D eigenvalue weighted by molar-refractivity contribution is 7.11. The first-order valence-corrected chi connectivity index (χ1v) is 10.9. The summed E-state index contributed by atoms with van der Waals surface area (Å²) in [4.78, 5) is 30.4. The van der Waals surface area contributed by atoms with Gasteiger partial charge in [-0.1, -0.05) is 30.3 Å². The van der Waals surface area contributed by atoms with Gasteiger partial charge in [-0.15, -0.1) is 11.3 Å². The minimum absolute atomic E-state index is 0.0934. The molecule has 32 heavy (non-hydrogen) atoms. The molecule has 2 amide bonds. The van der Waals surface area contributed by atoms with Gasteiger partial charge in [-0.25, -0.2) is 4.90 Å². The minimum Gasteiger partial charge on any atom is -0.336 e. The number of fused-ring (bicyclic) bond motifs is 1. The van der Waals surface area contributed by atoms with Gasteiger partial charge in [0.25, 0.3) is 11.8 Å². The van der Waals surface area contributed by atoms with Gasteiger partial charge in [0.2, 0.25) is 0 Å². The fourth-order valence-electron chi connectivity index (χ4n) is 4.23. The SMILES string of the molecule is O=C1C(c2cccs2)=C(N2CCCc3ccccc32)C(=O)N1c1cccc(C(F)(F)F)c1. The van der Waals surface area contributed by atoms with Gasteiger partial charge in [0, 0.05) is 17.1 Å². The summed E-state index contributed by atoms with van der Waals surface area (Å²) < 4.78 is 39.8. The second-order valence-electron chi connectivity index (χ2n) is 7.58. The zero-order chi connectivity index (χ0) is 22.5. The molecule has 162 valence electrons. The Morgan fingerprint density at radius 2 is 1.72 bits per heavy atom. The molecule has 0 saturated carbocycles. The number of halogens is 3. The highest BCUT2D eigenvalue weighted by atomic mass is 32.1. The molecule has 0 bridgehead atoms. The Morgan fingerprint density at radius 3 is 2.47 bits per heavy atom. The van der Waals surface area contributed by atoms with Gasteiger partial charge in [-0.3, -0.25) is 9.59 Å². The molecule has 0 fully saturated rings. The van der Waals surface area contributed by atoms with Crippen molar-refractivity contribution in [2.24, 2.45) is 0 Å². The Balaban J connectivity index is 1.66. The van der Waals surface area contributed by atoms with E-state index in [0.29, 0.717) is 11.4 Å². The number of benzene rings is 2. The molecule has 0 unspecified atom stereocenters. The zero-order valence-electron chi connectivity index (χ0n) is 16.7. The summed E-state index contributed by atoms with van der Waals surface area (Å²) in [6, 6.07) is 15.5. The lowest BCUT2D eigenvalue weighted by atomic mass is 10.00. The van der Waals surface area contributed by atoms with Gasteiger partial charge in [-0.2, -0.15) is 13.2 Å². The van der Waals surface area contributed by atoms with Crippen molar-refractivity contribution in [3.63, 3.8) is 0 Å². The van der Waals surface area contributed by atoms with E-state index in [1.54, 1.807) is 17.5 Å². The monoisotopic (exact) mass is 454 g/mol. The molecular formula is C24H17F3N2O2S. The van der Waals surface area contributed by atoms with E-state index in [4.69, 9.17) is 0 Å². The molecule has 8 heteroatoms. The van der Waals surface area contributed by atoms with Crippen LogP contribution in [0.4, 0.5) is 24.5 Å². The van der Waals surface area contributed by atoms with Crippen molar-refractivity contribution < 1.29 is 22.8 Å². The molecule has 0 N–H and O–H groups in total. The average Bonchev–Trinajstić information content (AvgIpc) is 3.39. The predicted octanol–water partition coefficient (Wildman–Crippen LogP) is 5.50. The van der Waals surface area contributed by atoms with E-state index in [1.807, 2.05) is 29.2 Å². The molecule has 4 nitrogen and oxygen atoms in total. The van der Waals surface area contributed by atoms with Gasteiger partial charge in [0.1, 0.15) is 5.70 Å². The lowest BCUT2D eigenvalue weighted by Gasteiger charge is -2.32. The number of imide groups is 1. The standard InChI is InChI=1S/C24H17F3N2O2S/c25-24(26,27)16-8-3-9-17(14-16)29-22(30)20(19-11-5-13-32-19)21(23(29)31)28-12-4-7-15-6-1-2-10-18(15)28/h1-3,5-6,8-11,13-14H,4,7,12H2. The van der Waals surface area contributed by atoms with E-state index in [2.05, 4.69) is 0 Å². The number of carbonyl (C=O) groups is 2. The number of thiophene rings is 1. The van der Waals surface area contributed by atoms with Crippen LogP contribution in [0.25, 0.3) is 5.57 Å². The molecule has 5 rings (SSSR count). The second kappa shape index (κ2) is 7.63. The molecule has 0 radical (unpaired) electrons. The third-order valence-electron chi connectivity index (χ3n) is 5.64. The number of amides is 2. The smallest absolute Gasteiger partial charge is 0.336 e. The number of carbonyl (C=O) groups excluding carboxylic acids is 2. The second-order valence-corrected chi connectivity index (χ2v) is 8.53. The molecule has 0 saturated heterocycles. The first-order chi connectivity index (χ1) is 15.4. The predicted molar refractivity (Wildman–Crippen MR) is 117 cm³/mol. The number of alkyl halides is 3. The summed E-state index contributed by atoms with van der Waals surface area (Å²) in [6.07, 6.45) is -2.93. The van der Waals surface area contributed by atoms with Gasteiger partial charge >= 0.3 is 6.18 Å². The van der Waals surface area contributed by atoms with Gasteiger partial charge in [-0.05, 0) is 54.1 Å². The first kappa shape index (κ1) is 20.5. The summed E-state index contributed by atoms with van der Waals surface area (Å²) in [6.45, 7) is 0.538. The minimum atomic E-state index is -4.58. The maximum Gasteiger partial charge on any atom is 0.416 e. The quantitative estimate of drug-likeness (QED) is 0.491. The summed E-state index contributed by atoms with van der Waals surface area (Å²) >= 11 is 1.32. The number of para-hydroxylation sites is 1. The lowest BCUT2D eigenvalue weighted by Crippen LogP contribution is -2.37. The summed E-state index contributed by atoms with van der Waals surface area (Å²) in [5.41, 5.74) is 1.33. The van der Waals surface area contributed by atoms with E-state index < -0.39 is 23.6 Å². The molecule has 2 aromatic carbocycles. The van der Waals surface area contributed by atoms with E-state index >= 15 is 0 Å². The fourth-order valence-corrected chi connectivity index (χ4v) is 5.00. The highest BCUT2D eigenvalue weighted by Crippen LogP contribution is 2.41. The van der Waals surface area contributed by atoms with Crippen LogP contribution in [0.3, 0.4) is 0 Å². The lowest BCUT2D eigenvalue weighted by molar-refractivity contribution is -0.137. The van der Waals surface area contributed by atoms with Crippen molar-refractivity contribution in [1.29, 1.82) is 0 Å². The Hall–Kier alpha value is -3.39. The van der Waals surface area contributed by atoms with Crippen molar-refractivity contribution in [3.05, 3.63) is 87.7 Å². The molecule has 3 aromatic rings. The number of aryl methyl sites for hydroxylation is 1. The third-order valence-corrected chi connectivity index (χ3v) is 6.53. The van der Waals surface area contributed by atoms with Crippen LogP contribution in [0.1, 0.15) is 22.4 Å². The van der Waals surface area contributed by atoms with E-state index in [-0.39, 0.29) is 17.0 Å². The molecular weight excluding hydrogens is 437 g/mol. The van der Waals surface area contributed by atoms with Crippen LogP contribution in [-0.4, -0.2) is 18.4 Å². The van der Waals surface area contributed by atoms with E-state index in [0.717, 1.165) is 41.1 Å². The van der Waals surface area contributed by atoms with Crippen molar-refractivity contribution >= 4 is 40.1 Å². The first-order valence-electron chi connectivity index (χ1n) is 10.1. The maximum absolute atomic E-state index is 13.6. The number of hydrogen-bond acceptors (Lipinski definition) is 4. The van der Waals surface area contributed by atoms with Gasteiger partial charge in [0.15, 0.2) is 0 Å². The normalized spacial score (nSPS) is 16.7. The molecule has 0 atom stereocenters. The van der Waals surface area contributed by atoms with Crippen LogP contribution in [0.15, 0.2) is 71.7 Å². The van der Waals surface area contributed by atoms with Crippen molar-refractivity contribution in [3.8, 4) is 0 Å². The van der Waals surface area contributed by atoms with Crippen molar-refractivity contribution in [2.75, 3.05) is 16.3 Å². The van der Waals surface area contributed by atoms with Crippen LogP contribution >= 0.6 is 11.3 Å². The number of anilines is 2. The highest BCUT2D eigenvalue weighted by Gasteiger charge is 2.44. The largest absolute Gasteiger partial charge is 0.416 e. The van der Waals surface area contributed by atoms with Crippen LogP contribution < -0.4 is 9.80 Å². The molecule has 2 aliphatic rings. The number of rotatable bonds is 3. The molecule has 3 heterocycles. The van der Waals surface area contributed by atoms with E-state index in [9.17, 15) is 22.8 Å². The molecule has 1 aromatic heterocycles.